The minimum atomic E-state index is -1.57. The fraction of sp³-hybridized carbons (Fsp3) is 0.571. The summed E-state index contributed by atoms with van der Waals surface area (Å²) in [6, 6.07) is 8.24. The van der Waals surface area contributed by atoms with Gasteiger partial charge in [-0.15, -0.1) is 0 Å². The lowest BCUT2D eigenvalue weighted by atomic mass is 10.1. The minimum absolute atomic E-state index is 0.0748. The number of amides is 1. The predicted molar refractivity (Wildman–Crippen MR) is 110 cm³/mol. The molecule has 0 atom stereocenters. The molecule has 2 nitrogen and oxygen atoms in total. The molecular weight excluding hydrogens is 348 g/mol. The summed E-state index contributed by atoms with van der Waals surface area (Å²) in [4.78, 5) is 12.0. The van der Waals surface area contributed by atoms with Gasteiger partial charge in [0.1, 0.15) is 0 Å². The number of rotatable bonds is 12. The van der Waals surface area contributed by atoms with Crippen LogP contribution in [0.2, 0.25) is 19.6 Å². The second-order valence-corrected chi connectivity index (χ2v) is 13.0. The molecule has 0 radical (unpaired) electrons. The molecule has 0 saturated carbocycles. The number of carbonyl (C=O) groups excluding carboxylic acids is 1. The van der Waals surface area contributed by atoms with Crippen LogP contribution in [0.1, 0.15) is 57.8 Å². The Morgan fingerprint density at radius 1 is 0.923 bits per heavy atom. The minimum Gasteiger partial charge on any atom is -0.326 e. The Morgan fingerprint density at radius 3 is 2.00 bits per heavy atom. The average molecular weight is 382 g/mol. The van der Waals surface area contributed by atoms with Gasteiger partial charge in [0.15, 0.2) is 0 Å². The smallest absolute Gasteiger partial charge is 0.266 e. The first-order chi connectivity index (χ1) is 12.3. The van der Waals surface area contributed by atoms with Crippen molar-refractivity contribution in [2.75, 3.05) is 5.32 Å². The standard InChI is InChI=1S/C21H33F2NOSi/c1-26(2,3)19-16-14-18(15-17-19)24-21(25)13-11-9-7-5-4-6-8-10-12-20(22)23/h12,14-17H,4-11,13H2,1-3H3,(H,24,25). The summed E-state index contributed by atoms with van der Waals surface area (Å²) in [5.74, 6) is 0.0748. The molecule has 0 fully saturated rings. The van der Waals surface area contributed by atoms with E-state index >= 15 is 0 Å². The third kappa shape index (κ3) is 10.5. The molecule has 26 heavy (non-hydrogen) atoms. The number of benzene rings is 1. The first-order valence-corrected chi connectivity index (χ1v) is 13.2. The van der Waals surface area contributed by atoms with Crippen molar-refractivity contribution in [3.8, 4) is 0 Å². The van der Waals surface area contributed by atoms with E-state index in [2.05, 4.69) is 37.1 Å². The summed E-state index contributed by atoms with van der Waals surface area (Å²) in [6.07, 6.45) is 7.51. The summed E-state index contributed by atoms with van der Waals surface area (Å²) in [5.41, 5.74) is 0.871. The van der Waals surface area contributed by atoms with E-state index in [1.165, 1.54) is 5.19 Å². The topological polar surface area (TPSA) is 29.1 Å². The number of hydrogen-bond donors (Lipinski definition) is 1. The van der Waals surface area contributed by atoms with Crippen LogP contribution >= 0.6 is 0 Å². The van der Waals surface area contributed by atoms with Gasteiger partial charge in [-0.1, -0.05) is 69.1 Å². The Balaban J connectivity index is 2.07. The van der Waals surface area contributed by atoms with E-state index < -0.39 is 14.2 Å². The van der Waals surface area contributed by atoms with Crippen LogP contribution in [0.15, 0.2) is 36.4 Å². The number of carbonyl (C=O) groups is 1. The van der Waals surface area contributed by atoms with E-state index in [0.29, 0.717) is 12.8 Å². The highest BCUT2D eigenvalue weighted by atomic mass is 28.3. The van der Waals surface area contributed by atoms with Gasteiger partial charge in [0.25, 0.3) is 6.08 Å². The van der Waals surface area contributed by atoms with Gasteiger partial charge in [-0.05, 0) is 37.5 Å². The summed E-state index contributed by atoms with van der Waals surface area (Å²) >= 11 is 0. The van der Waals surface area contributed by atoms with Crippen molar-refractivity contribution < 1.29 is 13.6 Å². The van der Waals surface area contributed by atoms with E-state index in [0.717, 1.165) is 56.7 Å². The molecule has 0 unspecified atom stereocenters. The van der Waals surface area contributed by atoms with Gasteiger partial charge in [0.05, 0.1) is 8.07 Å². The van der Waals surface area contributed by atoms with Crippen LogP contribution in [0.4, 0.5) is 14.5 Å². The van der Waals surface area contributed by atoms with Crippen molar-refractivity contribution in [1.82, 2.24) is 0 Å². The van der Waals surface area contributed by atoms with Gasteiger partial charge in [0, 0.05) is 12.1 Å². The monoisotopic (exact) mass is 381 g/mol. The molecule has 1 aromatic carbocycles. The van der Waals surface area contributed by atoms with Crippen molar-refractivity contribution in [3.05, 3.63) is 36.4 Å². The molecule has 0 aliphatic heterocycles. The number of hydrogen-bond acceptors (Lipinski definition) is 1. The Morgan fingerprint density at radius 2 is 1.46 bits per heavy atom. The summed E-state index contributed by atoms with van der Waals surface area (Å²) < 4.78 is 23.7. The highest BCUT2D eigenvalue weighted by molar-refractivity contribution is 6.88. The molecule has 0 aliphatic rings. The van der Waals surface area contributed by atoms with Gasteiger partial charge < -0.3 is 5.32 Å². The van der Waals surface area contributed by atoms with Crippen LogP contribution < -0.4 is 10.5 Å². The number of nitrogens with one attached hydrogen (secondary N) is 1. The van der Waals surface area contributed by atoms with Gasteiger partial charge in [0.2, 0.25) is 5.91 Å². The first-order valence-electron chi connectivity index (χ1n) is 9.70. The summed E-state index contributed by atoms with van der Waals surface area (Å²) in [5, 5.41) is 4.35. The Kier molecular flexibility index (Phi) is 10.4. The number of allylic oxidation sites excluding steroid dienone is 1. The quantitative estimate of drug-likeness (QED) is 0.327. The molecule has 1 N–H and O–H groups in total. The van der Waals surface area contributed by atoms with Crippen molar-refractivity contribution >= 4 is 24.9 Å². The van der Waals surface area contributed by atoms with Crippen LogP contribution in [0.25, 0.3) is 0 Å². The molecule has 0 heterocycles. The van der Waals surface area contributed by atoms with E-state index in [4.69, 9.17) is 0 Å². The average Bonchev–Trinajstić information content (AvgIpc) is 2.56. The molecular formula is C21H33F2NOSi. The molecule has 0 saturated heterocycles. The predicted octanol–water partition coefficient (Wildman–Crippen LogP) is 6.46. The first kappa shape index (κ1) is 22.5. The molecule has 1 rings (SSSR count). The van der Waals surface area contributed by atoms with Gasteiger partial charge in [-0.2, -0.15) is 8.78 Å². The molecule has 1 aromatic rings. The number of unbranched alkanes of at least 4 members (excludes halogenated alkanes) is 7. The highest BCUT2D eigenvalue weighted by Crippen LogP contribution is 2.13. The van der Waals surface area contributed by atoms with E-state index in [9.17, 15) is 13.6 Å². The third-order valence-electron chi connectivity index (χ3n) is 4.44. The molecule has 146 valence electrons. The zero-order valence-corrected chi connectivity index (χ0v) is 17.4. The summed E-state index contributed by atoms with van der Waals surface area (Å²) in [7, 11) is -1.29. The molecule has 5 heteroatoms. The van der Waals surface area contributed by atoms with Crippen LogP contribution in [-0.2, 0) is 4.79 Å². The molecule has 0 aromatic heterocycles. The SMILES string of the molecule is C[Si](C)(C)c1ccc(NC(=O)CCCCCCCCCC=C(F)F)cc1. The van der Waals surface area contributed by atoms with Crippen molar-refractivity contribution in [2.24, 2.45) is 0 Å². The van der Waals surface area contributed by atoms with E-state index in [1.54, 1.807) is 0 Å². The second-order valence-electron chi connectivity index (χ2n) is 7.88. The normalized spacial score (nSPS) is 11.3. The van der Waals surface area contributed by atoms with Gasteiger partial charge in [-0.3, -0.25) is 4.79 Å². The second kappa shape index (κ2) is 12.0. The fourth-order valence-corrected chi connectivity index (χ4v) is 3.97. The maximum absolute atomic E-state index is 12.0. The maximum Gasteiger partial charge on any atom is 0.266 e. The molecule has 0 aliphatic carbocycles. The van der Waals surface area contributed by atoms with Crippen LogP contribution in [0, 0.1) is 0 Å². The zero-order valence-electron chi connectivity index (χ0n) is 16.4. The van der Waals surface area contributed by atoms with Crippen molar-refractivity contribution in [2.45, 2.75) is 77.4 Å². The largest absolute Gasteiger partial charge is 0.326 e. The third-order valence-corrected chi connectivity index (χ3v) is 6.51. The number of halogens is 2. The molecule has 1 amide bonds. The highest BCUT2D eigenvalue weighted by Gasteiger charge is 2.15. The van der Waals surface area contributed by atoms with Crippen molar-refractivity contribution in [1.29, 1.82) is 0 Å². The van der Waals surface area contributed by atoms with Gasteiger partial charge >= 0.3 is 0 Å². The lowest BCUT2D eigenvalue weighted by molar-refractivity contribution is -0.116. The fourth-order valence-electron chi connectivity index (χ4n) is 2.80. The Labute approximate surface area is 158 Å². The lowest BCUT2D eigenvalue weighted by Crippen LogP contribution is -2.37. The van der Waals surface area contributed by atoms with Gasteiger partial charge in [-0.25, -0.2) is 0 Å². The van der Waals surface area contributed by atoms with Crippen LogP contribution in [0.5, 0.6) is 0 Å². The van der Waals surface area contributed by atoms with E-state index in [1.807, 2.05) is 12.1 Å². The van der Waals surface area contributed by atoms with Crippen LogP contribution in [0.3, 0.4) is 0 Å². The lowest BCUT2D eigenvalue weighted by Gasteiger charge is -2.16. The zero-order chi connectivity index (χ0) is 19.4. The van der Waals surface area contributed by atoms with Crippen LogP contribution in [-0.4, -0.2) is 14.0 Å². The van der Waals surface area contributed by atoms with E-state index in [-0.39, 0.29) is 5.91 Å². The Bertz CT molecular complexity index is 560. The Hall–Kier alpha value is -1.49. The van der Waals surface area contributed by atoms with Crippen molar-refractivity contribution in [3.63, 3.8) is 0 Å². The summed E-state index contributed by atoms with van der Waals surface area (Å²) in [6.45, 7) is 6.92. The maximum atomic E-state index is 12.0. The molecule has 0 spiro atoms. The molecule has 0 bridgehead atoms. The number of anilines is 1.